The lowest BCUT2D eigenvalue weighted by Gasteiger charge is -2.28. The summed E-state index contributed by atoms with van der Waals surface area (Å²) in [5, 5.41) is 13.9. The predicted molar refractivity (Wildman–Crippen MR) is 111 cm³/mol. The van der Waals surface area contributed by atoms with Crippen LogP contribution in [0.25, 0.3) is 0 Å². The van der Waals surface area contributed by atoms with Crippen LogP contribution in [-0.4, -0.2) is 42.4 Å². The minimum atomic E-state index is -4.79. The molecule has 1 fully saturated rings. The third kappa shape index (κ3) is 5.89. The van der Waals surface area contributed by atoms with E-state index >= 15 is 0 Å². The van der Waals surface area contributed by atoms with Gasteiger partial charge in [0.2, 0.25) is 5.91 Å². The highest BCUT2D eigenvalue weighted by Crippen LogP contribution is 2.35. The largest absolute Gasteiger partial charge is 0.409 e. The molecule has 172 valence electrons. The second kappa shape index (κ2) is 8.96. The lowest BCUT2D eigenvalue weighted by molar-refractivity contribution is -0.161. The average Bonchev–Trinajstić information content (AvgIpc) is 3.36. The molecule has 3 rings (SSSR count). The number of rotatable bonds is 9. The summed E-state index contributed by atoms with van der Waals surface area (Å²) in [6.45, 7) is 0. The first-order valence-electron chi connectivity index (χ1n) is 9.86. The van der Waals surface area contributed by atoms with Crippen LogP contribution in [0.5, 0.6) is 0 Å². The van der Waals surface area contributed by atoms with Crippen LogP contribution in [0.2, 0.25) is 0 Å². The molecule has 0 spiro atoms. The molecule has 1 amide bonds. The number of nitriles is 1. The molecular formula is C21H23F3N4O3S. The molecular weight excluding hydrogens is 445 g/mol. The Morgan fingerprint density at radius 1 is 1.22 bits per heavy atom. The molecule has 2 aromatic rings. The minimum absolute atomic E-state index is 0.169. The van der Waals surface area contributed by atoms with Gasteiger partial charge in [-0.1, -0.05) is 30.3 Å². The second-order valence-corrected chi connectivity index (χ2v) is 10.1. The number of hydrogen-bond acceptors (Lipinski definition) is 5. The third-order valence-electron chi connectivity index (χ3n) is 5.27. The maximum absolute atomic E-state index is 13.9. The van der Waals surface area contributed by atoms with Crippen molar-refractivity contribution in [2.24, 2.45) is 7.05 Å². The zero-order valence-corrected chi connectivity index (χ0v) is 18.1. The predicted octanol–water partition coefficient (Wildman–Crippen LogP) is 2.37. The number of alkyl halides is 3. The lowest BCUT2D eigenvalue weighted by Crippen LogP contribution is -2.54. The molecule has 0 aliphatic heterocycles. The zero-order valence-electron chi connectivity index (χ0n) is 17.3. The van der Waals surface area contributed by atoms with Gasteiger partial charge in [-0.2, -0.15) is 18.4 Å². The SMILES string of the molecule is Cn1cccc1[C@@H](NC(CS(=O)(=O)Cc1ccccc1)C(=O)NC1(C#N)CC1)C(F)(F)F. The highest BCUT2D eigenvalue weighted by atomic mass is 32.2. The number of hydrogen-bond donors (Lipinski definition) is 2. The van der Waals surface area contributed by atoms with Gasteiger partial charge in [0.1, 0.15) is 17.6 Å². The Morgan fingerprint density at radius 2 is 1.88 bits per heavy atom. The summed E-state index contributed by atoms with van der Waals surface area (Å²) in [5.74, 6) is -2.24. The van der Waals surface area contributed by atoms with E-state index in [2.05, 4.69) is 10.6 Å². The first-order chi connectivity index (χ1) is 14.9. The Hall–Kier alpha value is -2.84. The van der Waals surface area contributed by atoms with Crippen molar-refractivity contribution in [3.8, 4) is 6.07 Å². The van der Waals surface area contributed by atoms with Gasteiger partial charge in [-0.15, -0.1) is 0 Å². The van der Waals surface area contributed by atoms with E-state index in [0.29, 0.717) is 18.4 Å². The van der Waals surface area contributed by atoms with Crippen molar-refractivity contribution in [1.29, 1.82) is 5.26 Å². The Balaban J connectivity index is 1.88. The summed E-state index contributed by atoms with van der Waals surface area (Å²) in [4.78, 5) is 12.8. The van der Waals surface area contributed by atoms with Crippen molar-refractivity contribution >= 4 is 15.7 Å². The fourth-order valence-corrected chi connectivity index (χ4v) is 4.95. The summed E-state index contributed by atoms with van der Waals surface area (Å²) in [7, 11) is -2.55. The van der Waals surface area contributed by atoms with Crippen molar-refractivity contribution in [2.45, 2.75) is 42.4 Å². The van der Waals surface area contributed by atoms with Crippen molar-refractivity contribution in [3.05, 3.63) is 59.9 Å². The number of halogens is 3. The van der Waals surface area contributed by atoms with Crippen LogP contribution in [-0.2, 0) is 27.4 Å². The van der Waals surface area contributed by atoms with Crippen LogP contribution in [0.1, 0.15) is 30.1 Å². The van der Waals surface area contributed by atoms with Crippen LogP contribution in [0.15, 0.2) is 48.7 Å². The molecule has 11 heteroatoms. The number of aromatic nitrogens is 1. The molecule has 2 N–H and O–H groups in total. The van der Waals surface area contributed by atoms with Crippen molar-refractivity contribution in [2.75, 3.05) is 5.75 Å². The maximum atomic E-state index is 13.9. The van der Waals surface area contributed by atoms with Crippen molar-refractivity contribution < 1.29 is 26.4 Å². The molecule has 2 atom stereocenters. The van der Waals surface area contributed by atoms with Gasteiger partial charge < -0.3 is 9.88 Å². The summed E-state index contributed by atoms with van der Waals surface area (Å²) in [6, 6.07) is 8.77. The molecule has 1 aromatic heterocycles. The zero-order chi connectivity index (χ0) is 23.6. The topological polar surface area (TPSA) is 104 Å². The average molecular weight is 469 g/mol. The number of carbonyl (C=O) groups excluding carboxylic acids is 1. The maximum Gasteiger partial charge on any atom is 0.409 e. The lowest BCUT2D eigenvalue weighted by atomic mass is 10.1. The molecule has 32 heavy (non-hydrogen) atoms. The number of carbonyl (C=O) groups is 1. The smallest absolute Gasteiger partial charge is 0.353 e. The van der Waals surface area contributed by atoms with Gasteiger partial charge in [-0.3, -0.25) is 10.1 Å². The Labute approximate surface area is 184 Å². The standard InChI is InChI=1S/C21H23F3N4O3S/c1-28-11-5-8-17(28)18(21(22,23)24)26-16(19(29)27-20(14-25)9-10-20)13-32(30,31)12-15-6-3-2-4-7-15/h2-8,11,16,18,26H,9-10,12-13H2,1H3,(H,27,29)/t16?,18-/m1/s1. The highest BCUT2D eigenvalue weighted by molar-refractivity contribution is 7.90. The van der Waals surface area contributed by atoms with Gasteiger partial charge in [-0.05, 0) is 30.5 Å². The minimum Gasteiger partial charge on any atom is -0.353 e. The molecule has 0 radical (unpaired) electrons. The summed E-state index contributed by atoms with van der Waals surface area (Å²) >= 11 is 0. The third-order valence-corrected chi connectivity index (χ3v) is 6.88. The molecule has 1 unspecified atom stereocenters. The molecule has 1 aliphatic carbocycles. The van der Waals surface area contributed by atoms with Crippen LogP contribution in [0, 0.1) is 11.3 Å². The van der Waals surface area contributed by atoms with Gasteiger partial charge in [-0.25, -0.2) is 8.42 Å². The monoisotopic (exact) mass is 468 g/mol. The van der Waals surface area contributed by atoms with Crippen LogP contribution >= 0.6 is 0 Å². The van der Waals surface area contributed by atoms with E-state index in [1.807, 2.05) is 6.07 Å². The molecule has 0 bridgehead atoms. The molecule has 7 nitrogen and oxygen atoms in total. The molecule has 1 aromatic carbocycles. The number of amides is 1. The number of benzene rings is 1. The number of sulfone groups is 1. The van der Waals surface area contributed by atoms with Gasteiger partial charge in [0.05, 0.1) is 17.6 Å². The van der Waals surface area contributed by atoms with Crippen LogP contribution < -0.4 is 10.6 Å². The first kappa shape index (κ1) is 23.8. The second-order valence-electron chi connectivity index (χ2n) is 7.96. The molecule has 1 heterocycles. The molecule has 1 aliphatic rings. The highest BCUT2D eigenvalue weighted by Gasteiger charge is 2.48. The summed E-state index contributed by atoms with van der Waals surface area (Å²) in [6.07, 6.45) is -2.65. The van der Waals surface area contributed by atoms with E-state index in [4.69, 9.17) is 0 Å². The number of nitrogens with one attached hydrogen (secondary N) is 2. The number of nitrogens with zero attached hydrogens (tertiary/aromatic N) is 2. The van der Waals surface area contributed by atoms with Crippen LogP contribution in [0.4, 0.5) is 13.2 Å². The van der Waals surface area contributed by atoms with Gasteiger partial charge >= 0.3 is 6.18 Å². The fourth-order valence-electron chi connectivity index (χ4n) is 3.38. The number of aryl methyl sites for hydroxylation is 1. The van der Waals surface area contributed by atoms with Gasteiger partial charge in [0.25, 0.3) is 0 Å². The van der Waals surface area contributed by atoms with E-state index in [9.17, 15) is 31.6 Å². The Bertz CT molecular complexity index is 1100. The molecule has 0 saturated heterocycles. The summed E-state index contributed by atoms with van der Waals surface area (Å²) < 4.78 is 68.4. The normalized spacial score (nSPS) is 17.2. The van der Waals surface area contributed by atoms with Gasteiger partial charge in [0, 0.05) is 18.9 Å². The van der Waals surface area contributed by atoms with Crippen molar-refractivity contribution in [1.82, 2.24) is 15.2 Å². The van der Waals surface area contributed by atoms with E-state index in [1.54, 1.807) is 30.3 Å². The summed E-state index contributed by atoms with van der Waals surface area (Å²) in [5.41, 5.74) is -0.867. The first-order valence-corrected chi connectivity index (χ1v) is 11.7. The van der Waals surface area contributed by atoms with E-state index < -0.39 is 51.0 Å². The van der Waals surface area contributed by atoms with Crippen molar-refractivity contribution in [3.63, 3.8) is 0 Å². The van der Waals surface area contributed by atoms with E-state index in [0.717, 1.165) is 0 Å². The van der Waals surface area contributed by atoms with E-state index in [-0.39, 0.29) is 5.69 Å². The quantitative estimate of drug-likeness (QED) is 0.588. The Kier molecular flexibility index (Phi) is 6.67. The van der Waals surface area contributed by atoms with E-state index in [1.165, 1.54) is 29.9 Å². The Morgan fingerprint density at radius 3 is 2.38 bits per heavy atom. The van der Waals surface area contributed by atoms with Gasteiger partial charge in [0.15, 0.2) is 9.84 Å². The van der Waals surface area contributed by atoms with Crippen LogP contribution in [0.3, 0.4) is 0 Å². The fraction of sp³-hybridized carbons (Fsp3) is 0.429. The molecule has 1 saturated carbocycles.